The van der Waals surface area contributed by atoms with Crippen LogP contribution in [0.2, 0.25) is 0 Å². The first-order chi connectivity index (χ1) is 6.18. The Balaban J connectivity index is 2.66. The first kappa shape index (κ1) is 8.32. The molecular formula is C11H12O2. The van der Waals surface area contributed by atoms with Crippen molar-refractivity contribution in [3.05, 3.63) is 34.2 Å². The van der Waals surface area contributed by atoms with Gasteiger partial charge in [-0.25, -0.2) is 0 Å². The molecule has 1 aliphatic rings. The van der Waals surface area contributed by atoms with Gasteiger partial charge in [0.2, 0.25) is 0 Å². The van der Waals surface area contributed by atoms with Gasteiger partial charge in [-0.3, -0.25) is 0 Å². The van der Waals surface area contributed by atoms with Crippen molar-refractivity contribution in [1.29, 1.82) is 0 Å². The largest absolute Gasteiger partial charge is 0.509 e. The van der Waals surface area contributed by atoms with E-state index >= 15 is 0 Å². The van der Waals surface area contributed by atoms with Gasteiger partial charge in [0.25, 0.3) is 0 Å². The molecule has 1 unspecified atom stereocenters. The number of aliphatic hydroxyl groups is 1. The minimum atomic E-state index is -0.0951. The summed E-state index contributed by atoms with van der Waals surface area (Å²) in [4.78, 5) is 0. The number of aliphatic hydroxyl groups excluding tert-OH is 1. The normalized spacial score (nSPS) is 22.7. The smallest absolute Gasteiger partial charge is 0.138 e. The Bertz CT molecular complexity index is 430. The fraction of sp³-hybridized carbons (Fsp3) is 0.273. The van der Waals surface area contributed by atoms with Crippen LogP contribution < -0.4 is 10.4 Å². The van der Waals surface area contributed by atoms with Gasteiger partial charge in [0.15, 0.2) is 0 Å². The van der Waals surface area contributed by atoms with Crippen LogP contribution in [0.5, 0.6) is 0 Å². The van der Waals surface area contributed by atoms with E-state index in [4.69, 9.17) is 4.74 Å². The van der Waals surface area contributed by atoms with Gasteiger partial charge >= 0.3 is 0 Å². The zero-order chi connectivity index (χ0) is 9.42. The molecule has 1 aliphatic heterocycles. The van der Waals surface area contributed by atoms with Gasteiger partial charge < -0.3 is 9.84 Å². The predicted octanol–water partition coefficient (Wildman–Crippen LogP) is 0.470. The van der Waals surface area contributed by atoms with Crippen molar-refractivity contribution < 1.29 is 9.84 Å². The second kappa shape index (κ2) is 2.89. The summed E-state index contributed by atoms with van der Waals surface area (Å²) in [7, 11) is 0. The first-order valence-electron chi connectivity index (χ1n) is 4.29. The number of rotatable bonds is 1. The number of benzene rings is 1. The highest BCUT2D eigenvalue weighted by atomic mass is 16.6. The lowest BCUT2D eigenvalue weighted by atomic mass is 10.1. The van der Waals surface area contributed by atoms with Gasteiger partial charge in [-0.2, -0.15) is 0 Å². The fourth-order valence-corrected chi connectivity index (χ4v) is 1.31. The highest BCUT2D eigenvalue weighted by Crippen LogP contribution is 2.16. The second-order valence-electron chi connectivity index (χ2n) is 3.37. The zero-order valence-corrected chi connectivity index (χ0v) is 7.58. The number of aryl methyl sites for hydroxylation is 1. The molecule has 0 aromatic heterocycles. The minimum Gasteiger partial charge on any atom is -0.509 e. The van der Waals surface area contributed by atoms with E-state index in [9.17, 15) is 5.11 Å². The van der Waals surface area contributed by atoms with E-state index in [-0.39, 0.29) is 6.10 Å². The summed E-state index contributed by atoms with van der Waals surface area (Å²) in [6.45, 7) is 6.47. The lowest BCUT2D eigenvalue weighted by Crippen LogP contribution is -2.27. The van der Waals surface area contributed by atoms with Gasteiger partial charge in [-0.15, -0.1) is 0 Å². The Morgan fingerprint density at radius 2 is 2.31 bits per heavy atom. The van der Waals surface area contributed by atoms with E-state index in [0.29, 0.717) is 12.4 Å². The van der Waals surface area contributed by atoms with Crippen molar-refractivity contribution in [2.75, 3.05) is 6.61 Å². The molecule has 2 nitrogen and oxygen atoms in total. The zero-order valence-electron chi connectivity index (χ0n) is 7.58. The molecule has 2 rings (SSSR count). The van der Waals surface area contributed by atoms with E-state index in [1.54, 1.807) is 0 Å². The second-order valence-corrected chi connectivity index (χ2v) is 3.37. The van der Waals surface area contributed by atoms with Crippen molar-refractivity contribution in [2.24, 2.45) is 0 Å². The average molecular weight is 176 g/mol. The van der Waals surface area contributed by atoms with Crippen LogP contribution in [0.25, 0.3) is 12.3 Å². The summed E-state index contributed by atoms with van der Waals surface area (Å²) in [6.07, 6.45) is -0.0951. The molecule has 0 saturated carbocycles. The average Bonchev–Trinajstić information content (AvgIpc) is 2.91. The molecule has 1 N–H and O–H groups in total. The molecule has 0 radical (unpaired) electrons. The predicted molar refractivity (Wildman–Crippen MR) is 51.7 cm³/mol. The maximum atomic E-state index is 9.72. The molecule has 68 valence electrons. The summed E-state index contributed by atoms with van der Waals surface area (Å²) in [5.74, 6) is 0.314. The molecule has 1 atom stereocenters. The third-order valence-corrected chi connectivity index (χ3v) is 2.18. The summed E-state index contributed by atoms with van der Waals surface area (Å²) in [5.41, 5.74) is 1.12. The summed E-state index contributed by atoms with van der Waals surface area (Å²) < 4.78 is 5.00. The molecular weight excluding hydrogens is 164 g/mol. The highest BCUT2D eigenvalue weighted by molar-refractivity contribution is 5.44. The van der Waals surface area contributed by atoms with Crippen molar-refractivity contribution in [1.82, 2.24) is 0 Å². The maximum Gasteiger partial charge on any atom is 0.138 e. The van der Waals surface area contributed by atoms with Crippen molar-refractivity contribution in [2.45, 2.75) is 13.0 Å². The van der Waals surface area contributed by atoms with E-state index in [1.807, 2.05) is 25.1 Å². The van der Waals surface area contributed by atoms with Gasteiger partial charge in [-0.05, 0) is 18.2 Å². The van der Waals surface area contributed by atoms with Crippen LogP contribution in [-0.4, -0.2) is 17.8 Å². The van der Waals surface area contributed by atoms with Gasteiger partial charge in [-0.1, -0.05) is 24.3 Å². The van der Waals surface area contributed by atoms with E-state index in [2.05, 4.69) is 6.58 Å². The van der Waals surface area contributed by atoms with E-state index in [0.717, 1.165) is 16.0 Å². The molecule has 0 bridgehead atoms. The van der Waals surface area contributed by atoms with Crippen LogP contribution in [0.1, 0.15) is 5.56 Å². The highest BCUT2D eigenvalue weighted by Gasteiger charge is 2.27. The molecule has 0 amide bonds. The molecule has 13 heavy (non-hydrogen) atoms. The lowest BCUT2D eigenvalue weighted by molar-refractivity contribution is 0.387. The third kappa shape index (κ3) is 1.58. The Morgan fingerprint density at radius 3 is 2.92 bits per heavy atom. The molecule has 1 saturated heterocycles. The summed E-state index contributed by atoms with van der Waals surface area (Å²) >= 11 is 0. The minimum absolute atomic E-state index is 0.0951. The monoisotopic (exact) mass is 176 g/mol. The van der Waals surface area contributed by atoms with Gasteiger partial charge in [0.05, 0.1) is 6.61 Å². The molecule has 1 fully saturated rings. The Labute approximate surface area is 76.8 Å². The topological polar surface area (TPSA) is 32.8 Å². The van der Waals surface area contributed by atoms with Crippen molar-refractivity contribution in [3.63, 3.8) is 0 Å². The van der Waals surface area contributed by atoms with Crippen LogP contribution in [0.3, 0.4) is 0 Å². The number of hydrogen-bond donors (Lipinski definition) is 1. The van der Waals surface area contributed by atoms with E-state index in [1.165, 1.54) is 0 Å². The summed E-state index contributed by atoms with van der Waals surface area (Å²) in [5, 5.41) is 11.4. The molecule has 1 heterocycles. The molecule has 1 aromatic rings. The van der Waals surface area contributed by atoms with Gasteiger partial charge in [0, 0.05) is 5.22 Å². The van der Waals surface area contributed by atoms with Crippen LogP contribution in [0.15, 0.2) is 18.2 Å². The maximum absolute atomic E-state index is 9.72. The fourth-order valence-electron chi connectivity index (χ4n) is 1.31. The summed E-state index contributed by atoms with van der Waals surface area (Å²) in [6, 6.07) is 5.81. The number of ether oxygens (including phenoxy) is 1. The van der Waals surface area contributed by atoms with Gasteiger partial charge in [0.1, 0.15) is 11.9 Å². The molecule has 0 spiro atoms. The molecule has 0 aliphatic carbocycles. The standard InChI is InChI=1S/C11H12O2/c1-7-3-4-8(2)9(5-7)11(12)10-6-13-10/h3-5,10,12H,2,6H2,1H3/b11-9+. The van der Waals surface area contributed by atoms with Crippen LogP contribution in [0, 0.1) is 6.92 Å². The SMILES string of the molecule is C=c1ccc(C)c/c1=C(\O)C1CO1. The van der Waals surface area contributed by atoms with Crippen molar-refractivity contribution in [3.8, 4) is 0 Å². The van der Waals surface area contributed by atoms with E-state index < -0.39 is 0 Å². The first-order valence-corrected chi connectivity index (χ1v) is 4.29. The van der Waals surface area contributed by atoms with Crippen molar-refractivity contribution >= 4 is 12.3 Å². The third-order valence-electron chi connectivity index (χ3n) is 2.18. The molecule has 1 aromatic carbocycles. The number of epoxide rings is 1. The Hall–Kier alpha value is -1.28. The molecule has 2 heteroatoms. The quantitative estimate of drug-likeness (QED) is 0.631. The Morgan fingerprint density at radius 1 is 1.62 bits per heavy atom. The number of hydrogen-bond acceptors (Lipinski definition) is 2. The van der Waals surface area contributed by atoms with Crippen LogP contribution in [-0.2, 0) is 4.74 Å². The van der Waals surface area contributed by atoms with Crippen LogP contribution >= 0.6 is 0 Å². The lowest BCUT2D eigenvalue weighted by Gasteiger charge is -1.96. The Kier molecular flexibility index (Phi) is 1.85. The van der Waals surface area contributed by atoms with Crippen LogP contribution in [0.4, 0.5) is 0 Å².